The summed E-state index contributed by atoms with van der Waals surface area (Å²) in [6.07, 6.45) is 0. The van der Waals surface area contributed by atoms with Gasteiger partial charge in [-0.15, -0.1) is 0 Å². The zero-order chi connectivity index (χ0) is 14.7. The Hall–Kier alpha value is -1.39. The van der Waals surface area contributed by atoms with Crippen molar-refractivity contribution < 1.29 is 19.7 Å². The highest BCUT2D eigenvalue weighted by Gasteiger charge is 2.41. The molecule has 4 nitrogen and oxygen atoms in total. The lowest BCUT2D eigenvalue weighted by molar-refractivity contribution is -0.0203. The number of ketones is 1. The molecule has 0 aliphatic carbocycles. The Morgan fingerprint density at radius 3 is 2.11 bits per heavy atom. The monoisotopic (exact) mass is 266 g/mol. The van der Waals surface area contributed by atoms with Gasteiger partial charge in [-0.25, -0.2) is 0 Å². The molecule has 0 saturated carbocycles. The fourth-order valence-corrected chi connectivity index (χ4v) is 1.50. The number of ether oxygens (including phenoxy) is 1. The Labute approximate surface area is 114 Å². The first-order valence-electron chi connectivity index (χ1n) is 6.31. The third kappa shape index (κ3) is 3.55. The molecule has 0 bridgehead atoms. The summed E-state index contributed by atoms with van der Waals surface area (Å²) < 4.78 is 5.23. The number of Topliss-reactive ketones (excluding diaryl/α,β-unsaturated/α-hetero) is 1. The van der Waals surface area contributed by atoms with Crippen LogP contribution in [0.1, 0.15) is 38.1 Å². The summed E-state index contributed by atoms with van der Waals surface area (Å²) >= 11 is 0. The maximum Gasteiger partial charge on any atom is 0.171 e. The third-order valence-electron chi connectivity index (χ3n) is 3.57. The number of aliphatic hydroxyl groups is 2. The van der Waals surface area contributed by atoms with Gasteiger partial charge in [0.25, 0.3) is 0 Å². The topological polar surface area (TPSA) is 66.8 Å². The smallest absolute Gasteiger partial charge is 0.171 e. The van der Waals surface area contributed by atoms with E-state index in [-0.39, 0.29) is 19.0 Å². The molecule has 2 N–H and O–H groups in total. The van der Waals surface area contributed by atoms with Gasteiger partial charge in [-0.3, -0.25) is 4.79 Å². The van der Waals surface area contributed by atoms with Crippen LogP contribution < -0.4 is 4.74 Å². The van der Waals surface area contributed by atoms with E-state index < -0.39 is 11.0 Å². The van der Waals surface area contributed by atoms with Crippen LogP contribution in [0.3, 0.4) is 0 Å². The summed E-state index contributed by atoms with van der Waals surface area (Å²) in [5.74, 6) is 0.486. The fourth-order valence-electron chi connectivity index (χ4n) is 1.50. The normalized spacial score (nSPS) is 12.3. The van der Waals surface area contributed by atoms with Crippen LogP contribution in [0, 0.1) is 5.41 Å². The summed E-state index contributed by atoms with van der Waals surface area (Å²) in [4.78, 5) is 12.4. The molecule has 1 aromatic rings. The van der Waals surface area contributed by atoms with Crippen molar-refractivity contribution in [3.05, 3.63) is 29.8 Å². The molecule has 0 aliphatic heterocycles. The van der Waals surface area contributed by atoms with Gasteiger partial charge in [-0.1, -0.05) is 0 Å². The van der Waals surface area contributed by atoms with Crippen molar-refractivity contribution in [2.45, 2.75) is 33.3 Å². The minimum Gasteiger partial charge on any atom is -0.491 e. The van der Waals surface area contributed by atoms with Crippen LogP contribution in [0.25, 0.3) is 0 Å². The summed E-state index contributed by atoms with van der Waals surface area (Å²) in [5, 5.41) is 18.7. The number of aliphatic hydroxyl groups excluding tert-OH is 1. The summed E-state index contributed by atoms with van der Waals surface area (Å²) in [6, 6.07) is 6.71. The number of rotatable bonds is 6. The molecule has 0 amide bonds. The van der Waals surface area contributed by atoms with Gasteiger partial charge in [0.05, 0.1) is 17.6 Å². The lowest BCUT2D eigenvalue weighted by atomic mass is 9.72. The van der Waals surface area contributed by atoms with Crippen molar-refractivity contribution in [3.8, 4) is 5.75 Å². The van der Waals surface area contributed by atoms with E-state index in [2.05, 4.69) is 0 Å². The number of carbonyl (C=O) groups is 1. The van der Waals surface area contributed by atoms with Crippen LogP contribution >= 0.6 is 0 Å². The third-order valence-corrected chi connectivity index (χ3v) is 3.57. The molecule has 1 aromatic carbocycles. The first-order valence-corrected chi connectivity index (χ1v) is 6.31. The second kappa shape index (κ2) is 5.72. The van der Waals surface area contributed by atoms with Crippen LogP contribution in [-0.2, 0) is 0 Å². The van der Waals surface area contributed by atoms with Crippen LogP contribution in [0.5, 0.6) is 5.75 Å². The van der Waals surface area contributed by atoms with E-state index in [0.717, 1.165) is 0 Å². The van der Waals surface area contributed by atoms with E-state index in [1.54, 1.807) is 52.0 Å². The van der Waals surface area contributed by atoms with Gasteiger partial charge in [0.2, 0.25) is 0 Å². The molecule has 0 spiro atoms. The lowest BCUT2D eigenvalue weighted by Gasteiger charge is -2.35. The van der Waals surface area contributed by atoms with Gasteiger partial charge < -0.3 is 14.9 Å². The molecular formula is C15H22O4. The maximum absolute atomic E-state index is 12.4. The van der Waals surface area contributed by atoms with Crippen molar-refractivity contribution in [1.29, 1.82) is 0 Å². The first-order chi connectivity index (χ1) is 8.70. The van der Waals surface area contributed by atoms with Crippen LogP contribution in [-0.4, -0.2) is 34.8 Å². The Balaban J connectivity index is 2.90. The number of hydrogen-bond donors (Lipinski definition) is 2. The van der Waals surface area contributed by atoms with Gasteiger partial charge in [0.1, 0.15) is 12.4 Å². The largest absolute Gasteiger partial charge is 0.491 e. The van der Waals surface area contributed by atoms with Gasteiger partial charge in [-0.05, 0) is 52.0 Å². The maximum atomic E-state index is 12.4. The highest BCUT2D eigenvalue weighted by Crippen LogP contribution is 2.34. The molecule has 0 atom stereocenters. The number of carbonyl (C=O) groups excluding carboxylic acids is 1. The minimum atomic E-state index is -1.10. The molecule has 1 rings (SSSR count). The van der Waals surface area contributed by atoms with Crippen molar-refractivity contribution in [3.63, 3.8) is 0 Å². The van der Waals surface area contributed by atoms with Crippen LogP contribution in [0.2, 0.25) is 0 Å². The van der Waals surface area contributed by atoms with Crippen molar-refractivity contribution in [2.24, 2.45) is 5.41 Å². The average molecular weight is 266 g/mol. The van der Waals surface area contributed by atoms with Gasteiger partial charge in [-0.2, -0.15) is 0 Å². The standard InChI is InChI=1S/C15H22O4/c1-14(2,15(3,4)18)13(17)11-5-7-12(8-6-11)19-10-9-16/h5-8,16,18H,9-10H2,1-4H3. The Morgan fingerprint density at radius 1 is 1.16 bits per heavy atom. The predicted molar refractivity (Wildman–Crippen MR) is 73.4 cm³/mol. The summed E-state index contributed by atoms with van der Waals surface area (Å²) in [6.45, 7) is 6.89. The van der Waals surface area contributed by atoms with E-state index in [1.165, 1.54) is 0 Å². The molecule has 19 heavy (non-hydrogen) atoms. The molecule has 0 aromatic heterocycles. The zero-order valence-corrected chi connectivity index (χ0v) is 11.9. The molecule has 0 radical (unpaired) electrons. The second-order valence-electron chi connectivity index (χ2n) is 5.61. The van der Waals surface area contributed by atoms with Gasteiger partial charge >= 0.3 is 0 Å². The predicted octanol–water partition coefficient (Wildman–Crippen LogP) is 2.04. The molecule has 0 saturated heterocycles. The molecular weight excluding hydrogens is 244 g/mol. The molecule has 0 unspecified atom stereocenters. The Morgan fingerprint density at radius 2 is 1.68 bits per heavy atom. The van der Waals surface area contributed by atoms with E-state index in [4.69, 9.17) is 9.84 Å². The summed E-state index contributed by atoms with van der Waals surface area (Å²) in [7, 11) is 0. The highest BCUT2D eigenvalue weighted by molar-refractivity contribution is 6.00. The van der Waals surface area contributed by atoms with Gasteiger partial charge in [0.15, 0.2) is 5.78 Å². The van der Waals surface area contributed by atoms with Crippen LogP contribution in [0.4, 0.5) is 0 Å². The first kappa shape index (κ1) is 15.7. The van der Waals surface area contributed by atoms with E-state index in [1.807, 2.05) is 0 Å². The van der Waals surface area contributed by atoms with E-state index in [9.17, 15) is 9.90 Å². The molecule has 0 aliphatic rings. The molecule has 0 heterocycles. The fraction of sp³-hybridized carbons (Fsp3) is 0.533. The number of hydrogen-bond acceptors (Lipinski definition) is 4. The molecule has 0 fully saturated rings. The minimum absolute atomic E-state index is 0.0492. The van der Waals surface area contributed by atoms with Gasteiger partial charge in [0, 0.05) is 5.56 Å². The lowest BCUT2D eigenvalue weighted by Crippen LogP contribution is -2.44. The average Bonchev–Trinajstić information content (AvgIpc) is 2.34. The SMILES string of the molecule is CC(C)(O)C(C)(C)C(=O)c1ccc(OCCO)cc1. The number of benzene rings is 1. The quantitative estimate of drug-likeness (QED) is 0.773. The van der Waals surface area contributed by atoms with Crippen molar-refractivity contribution in [2.75, 3.05) is 13.2 Å². The van der Waals surface area contributed by atoms with E-state index in [0.29, 0.717) is 11.3 Å². The highest BCUT2D eigenvalue weighted by atomic mass is 16.5. The molecule has 106 valence electrons. The Bertz CT molecular complexity index is 426. The van der Waals surface area contributed by atoms with Crippen molar-refractivity contribution >= 4 is 5.78 Å². The van der Waals surface area contributed by atoms with Crippen molar-refractivity contribution in [1.82, 2.24) is 0 Å². The summed E-state index contributed by atoms with van der Waals surface area (Å²) in [5.41, 5.74) is -1.44. The molecule has 4 heteroatoms. The van der Waals surface area contributed by atoms with E-state index >= 15 is 0 Å². The van der Waals surface area contributed by atoms with Crippen LogP contribution in [0.15, 0.2) is 24.3 Å². The zero-order valence-electron chi connectivity index (χ0n) is 11.9. The second-order valence-corrected chi connectivity index (χ2v) is 5.61. The Kier molecular flexibility index (Phi) is 4.71.